The maximum Gasteiger partial charge on any atom is 0.263 e. The van der Waals surface area contributed by atoms with Gasteiger partial charge in [-0.15, -0.1) is 0 Å². The standard InChI is InChI=1S/C27H26N4O2/c1-30(2)18-14-12-17(13-15-18)22-16-23(29-21-10-6-5-9-20(21)28-22)25-26(32)19-8-4-7-11-24(19)31(3)27(25)33/h4-15,22,28,32H,16H2,1-3H3/t22-/m0/s1. The van der Waals surface area contributed by atoms with Crippen molar-refractivity contribution in [3.63, 3.8) is 0 Å². The average Bonchev–Trinajstić information content (AvgIpc) is 3.02. The van der Waals surface area contributed by atoms with Gasteiger partial charge in [0.25, 0.3) is 5.56 Å². The number of para-hydroxylation sites is 3. The lowest BCUT2D eigenvalue weighted by atomic mass is 9.96. The lowest BCUT2D eigenvalue weighted by molar-refractivity contribution is 0.478. The van der Waals surface area contributed by atoms with Crippen LogP contribution in [0.25, 0.3) is 10.9 Å². The molecule has 1 aliphatic rings. The minimum Gasteiger partial charge on any atom is -0.506 e. The molecule has 0 bridgehead atoms. The van der Waals surface area contributed by atoms with E-state index in [1.54, 1.807) is 11.6 Å². The number of rotatable bonds is 3. The fourth-order valence-electron chi connectivity index (χ4n) is 4.42. The summed E-state index contributed by atoms with van der Waals surface area (Å²) in [7, 11) is 5.75. The number of hydrogen-bond acceptors (Lipinski definition) is 5. The van der Waals surface area contributed by atoms with Crippen LogP contribution >= 0.6 is 0 Å². The van der Waals surface area contributed by atoms with Crippen molar-refractivity contribution in [2.45, 2.75) is 12.5 Å². The van der Waals surface area contributed by atoms with E-state index in [4.69, 9.17) is 4.99 Å². The predicted molar refractivity (Wildman–Crippen MR) is 135 cm³/mol. The average molecular weight is 439 g/mol. The Balaban J connectivity index is 1.69. The fourth-order valence-corrected chi connectivity index (χ4v) is 4.42. The van der Waals surface area contributed by atoms with Crippen molar-refractivity contribution in [2.75, 3.05) is 24.3 Å². The Morgan fingerprint density at radius 3 is 2.45 bits per heavy atom. The molecule has 0 saturated heterocycles. The molecule has 1 atom stereocenters. The summed E-state index contributed by atoms with van der Waals surface area (Å²) < 4.78 is 1.58. The second-order valence-electron chi connectivity index (χ2n) is 8.57. The number of aromatic hydroxyl groups is 1. The van der Waals surface area contributed by atoms with Crippen LogP contribution in [0.2, 0.25) is 0 Å². The van der Waals surface area contributed by atoms with Gasteiger partial charge in [-0.1, -0.05) is 36.4 Å². The van der Waals surface area contributed by atoms with Gasteiger partial charge in [-0.05, 0) is 42.0 Å². The lowest BCUT2D eigenvalue weighted by Gasteiger charge is -2.21. The Morgan fingerprint density at radius 2 is 1.70 bits per heavy atom. The van der Waals surface area contributed by atoms with Crippen LogP contribution < -0.4 is 15.8 Å². The number of hydrogen-bond donors (Lipinski definition) is 2. The molecule has 2 heterocycles. The number of pyridine rings is 1. The molecule has 2 N–H and O–H groups in total. The van der Waals surface area contributed by atoms with E-state index >= 15 is 0 Å². The molecule has 0 amide bonds. The molecular formula is C27H26N4O2. The van der Waals surface area contributed by atoms with E-state index in [2.05, 4.69) is 34.5 Å². The summed E-state index contributed by atoms with van der Waals surface area (Å²) in [6.45, 7) is 0. The maximum absolute atomic E-state index is 13.4. The Kier molecular flexibility index (Phi) is 5.13. The first-order valence-electron chi connectivity index (χ1n) is 11.0. The first kappa shape index (κ1) is 20.8. The van der Waals surface area contributed by atoms with Crippen molar-refractivity contribution in [3.8, 4) is 5.75 Å². The van der Waals surface area contributed by atoms with Crippen molar-refractivity contribution in [3.05, 3.63) is 94.3 Å². The van der Waals surface area contributed by atoms with Gasteiger partial charge in [0.2, 0.25) is 0 Å². The Morgan fingerprint density at radius 1 is 1.00 bits per heavy atom. The highest BCUT2D eigenvalue weighted by molar-refractivity contribution is 6.09. The van der Waals surface area contributed by atoms with Crippen molar-refractivity contribution < 1.29 is 5.11 Å². The highest BCUT2D eigenvalue weighted by Gasteiger charge is 2.26. The van der Waals surface area contributed by atoms with Gasteiger partial charge in [0.05, 0.1) is 28.6 Å². The zero-order chi connectivity index (χ0) is 23.1. The van der Waals surface area contributed by atoms with Crippen LogP contribution in [0.15, 0.2) is 82.6 Å². The molecule has 166 valence electrons. The molecule has 0 fully saturated rings. The van der Waals surface area contributed by atoms with E-state index in [9.17, 15) is 9.90 Å². The summed E-state index contributed by atoms with van der Waals surface area (Å²) in [4.78, 5) is 20.3. The number of anilines is 2. The third kappa shape index (κ3) is 3.63. The van der Waals surface area contributed by atoms with E-state index < -0.39 is 0 Å². The van der Waals surface area contributed by atoms with Gasteiger partial charge >= 0.3 is 0 Å². The summed E-state index contributed by atoms with van der Waals surface area (Å²) in [5.41, 5.74) is 5.09. The van der Waals surface area contributed by atoms with Crippen LogP contribution in [0.3, 0.4) is 0 Å². The number of benzene rings is 3. The summed E-state index contributed by atoms with van der Waals surface area (Å²) in [5.74, 6) is -0.0199. The molecular weight excluding hydrogens is 412 g/mol. The molecule has 1 aliphatic heterocycles. The molecule has 6 nitrogen and oxygen atoms in total. The van der Waals surface area contributed by atoms with Crippen LogP contribution in [0.5, 0.6) is 5.75 Å². The van der Waals surface area contributed by atoms with Crippen LogP contribution in [0, 0.1) is 0 Å². The second-order valence-corrected chi connectivity index (χ2v) is 8.57. The molecule has 4 aromatic rings. The first-order valence-corrected chi connectivity index (χ1v) is 11.0. The maximum atomic E-state index is 13.4. The third-order valence-electron chi connectivity index (χ3n) is 6.26. The van der Waals surface area contributed by atoms with E-state index in [-0.39, 0.29) is 22.9 Å². The van der Waals surface area contributed by atoms with Crippen LogP contribution in [-0.2, 0) is 7.05 Å². The third-order valence-corrected chi connectivity index (χ3v) is 6.26. The molecule has 3 aromatic carbocycles. The lowest BCUT2D eigenvalue weighted by Crippen LogP contribution is -2.26. The number of aryl methyl sites for hydroxylation is 1. The van der Waals surface area contributed by atoms with E-state index in [1.807, 2.05) is 62.6 Å². The van der Waals surface area contributed by atoms with Gasteiger partial charge in [-0.3, -0.25) is 9.79 Å². The molecule has 5 rings (SSSR count). The van der Waals surface area contributed by atoms with E-state index in [0.29, 0.717) is 23.0 Å². The molecule has 6 heteroatoms. The zero-order valence-electron chi connectivity index (χ0n) is 18.9. The summed E-state index contributed by atoms with van der Waals surface area (Å²) in [6.07, 6.45) is 0.455. The molecule has 0 spiro atoms. The summed E-state index contributed by atoms with van der Waals surface area (Å²) >= 11 is 0. The minimum atomic E-state index is -0.258. The molecule has 33 heavy (non-hydrogen) atoms. The van der Waals surface area contributed by atoms with Gasteiger partial charge in [-0.25, -0.2) is 0 Å². The second kappa shape index (κ2) is 8.13. The van der Waals surface area contributed by atoms with Gasteiger partial charge in [0.1, 0.15) is 11.3 Å². The van der Waals surface area contributed by atoms with Crippen molar-refractivity contribution in [1.82, 2.24) is 4.57 Å². The summed E-state index contributed by atoms with van der Waals surface area (Å²) in [5, 5.41) is 15.4. The Labute approximate surface area is 192 Å². The normalized spacial score (nSPS) is 15.4. The number of aliphatic imine (C=N–C) groups is 1. The van der Waals surface area contributed by atoms with Gasteiger partial charge in [0.15, 0.2) is 0 Å². The van der Waals surface area contributed by atoms with Gasteiger partial charge < -0.3 is 19.9 Å². The number of nitrogens with one attached hydrogen (secondary N) is 1. The minimum absolute atomic E-state index is 0.0199. The van der Waals surface area contributed by atoms with Crippen LogP contribution in [-0.4, -0.2) is 29.5 Å². The molecule has 0 radical (unpaired) electrons. The Bertz CT molecular complexity index is 1440. The fraction of sp³-hybridized carbons (Fsp3) is 0.185. The Hall–Kier alpha value is -4.06. The quantitative estimate of drug-likeness (QED) is 0.473. The molecule has 0 unspecified atom stereocenters. The SMILES string of the molecule is CN(C)c1ccc([C@@H]2CC(c3c(O)c4ccccc4n(C)c3=O)=Nc3ccccc3N2)cc1. The van der Waals surface area contributed by atoms with E-state index in [0.717, 1.165) is 22.6 Å². The number of fused-ring (bicyclic) bond motifs is 2. The van der Waals surface area contributed by atoms with Gasteiger partial charge in [-0.2, -0.15) is 0 Å². The predicted octanol–water partition coefficient (Wildman–Crippen LogP) is 4.99. The van der Waals surface area contributed by atoms with Gasteiger partial charge in [0, 0.05) is 38.6 Å². The van der Waals surface area contributed by atoms with Crippen LogP contribution in [0.4, 0.5) is 17.1 Å². The largest absolute Gasteiger partial charge is 0.506 e. The smallest absolute Gasteiger partial charge is 0.263 e. The van der Waals surface area contributed by atoms with Crippen LogP contribution in [0.1, 0.15) is 23.6 Å². The topological polar surface area (TPSA) is 69.9 Å². The highest BCUT2D eigenvalue weighted by Crippen LogP contribution is 2.37. The van der Waals surface area contributed by atoms with Crippen molar-refractivity contribution in [2.24, 2.45) is 12.0 Å². The van der Waals surface area contributed by atoms with Crippen molar-refractivity contribution >= 4 is 33.7 Å². The summed E-state index contributed by atoms with van der Waals surface area (Å²) in [6, 6.07) is 23.4. The molecule has 0 aliphatic carbocycles. The van der Waals surface area contributed by atoms with Crippen molar-refractivity contribution in [1.29, 1.82) is 0 Å². The first-order chi connectivity index (χ1) is 15.9. The zero-order valence-corrected chi connectivity index (χ0v) is 18.9. The monoisotopic (exact) mass is 438 g/mol. The van der Waals surface area contributed by atoms with E-state index in [1.165, 1.54) is 0 Å². The number of aromatic nitrogens is 1. The molecule has 0 saturated carbocycles. The highest BCUT2D eigenvalue weighted by atomic mass is 16.3. The number of nitrogens with zero attached hydrogens (tertiary/aromatic N) is 3. The molecule has 1 aromatic heterocycles.